The second-order valence-corrected chi connectivity index (χ2v) is 9.27. The fourth-order valence-electron chi connectivity index (χ4n) is 3.10. The number of hydrogen-bond donors (Lipinski definition) is 1. The number of carboxylic acids is 1. The minimum Gasteiger partial charge on any atom is -0.480 e. The average molecular weight is 455 g/mol. The normalized spacial score (nSPS) is 16.4. The first-order valence-corrected chi connectivity index (χ1v) is 11.0. The zero-order chi connectivity index (χ0) is 21.1. The molecule has 1 fully saturated rings. The summed E-state index contributed by atoms with van der Waals surface area (Å²) in [5, 5.41) is 8.74. The summed E-state index contributed by atoms with van der Waals surface area (Å²) in [6.45, 7) is 3.81. The van der Waals surface area contributed by atoms with Crippen molar-refractivity contribution in [1.29, 1.82) is 0 Å². The largest absolute Gasteiger partial charge is 0.480 e. The molecular formula is C20H20Cl2N2O4S. The number of carbonyl (C=O) groups excluding carboxylic acids is 1. The zero-order valence-corrected chi connectivity index (χ0v) is 18.0. The molecule has 6 nitrogen and oxygen atoms in total. The lowest BCUT2D eigenvalue weighted by molar-refractivity contribution is -0.136. The van der Waals surface area contributed by atoms with Crippen molar-refractivity contribution in [1.82, 2.24) is 4.90 Å². The lowest BCUT2D eigenvalue weighted by atomic mass is 10.1. The maximum absolute atomic E-state index is 12.8. The van der Waals surface area contributed by atoms with Crippen LogP contribution in [0.1, 0.15) is 17.3 Å². The molecule has 3 rings (SSSR count). The Morgan fingerprint density at radius 2 is 1.76 bits per heavy atom. The van der Waals surface area contributed by atoms with Gasteiger partial charge in [-0.2, -0.15) is 0 Å². The van der Waals surface area contributed by atoms with Crippen molar-refractivity contribution in [3.8, 4) is 0 Å². The SMILES string of the molecule is CC(C(=O)O)S(=O)c1ccc(C(=O)N2CCN(c3cccc(Cl)c3)CC2)cc1Cl. The van der Waals surface area contributed by atoms with Crippen molar-refractivity contribution >= 4 is 51.6 Å². The first-order valence-electron chi connectivity index (χ1n) is 9.00. The second-order valence-electron chi connectivity index (χ2n) is 6.68. The maximum Gasteiger partial charge on any atom is 0.319 e. The Balaban J connectivity index is 1.68. The molecule has 154 valence electrons. The van der Waals surface area contributed by atoms with Crippen LogP contribution in [0.5, 0.6) is 0 Å². The molecule has 1 aliphatic rings. The van der Waals surface area contributed by atoms with Crippen LogP contribution in [0.3, 0.4) is 0 Å². The fourth-order valence-corrected chi connectivity index (χ4v) is 4.71. The second kappa shape index (κ2) is 9.15. The van der Waals surface area contributed by atoms with Crippen LogP contribution >= 0.6 is 23.2 Å². The molecule has 2 aromatic rings. The Kier molecular flexibility index (Phi) is 6.82. The van der Waals surface area contributed by atoms with E-state index in [2.05, 4.69) is 4.90 Å². The van der Waals surface area contributed by atoms with Gasteiger partial charge in [0.1, 0.15) is 5.25 Å². The molecule has 2 atom stereocenters. The summed E-state index contributed by atoms with van der Waals surface area (Å²) in [5.41, 5.74) is 1.40. The van der Waals surface area contributed by atoms with Crippen LogP contribution in [0.2, 0.25) is 10.0 Å². The third kappa shape index (κ3) is 4.91. The Labute approximate surface area is 181 Å². The van der Waals surface area contributed by atoms with E-state index in [-0.39, 0.29) is 15.8 Å². The first-order chi connectivity index (χ1) is 13.8. The van der Waals surface area contributed by atoms with E-state index in [0.717, 1.165) is 5.69 Å². The molecule has 29 heavy (non-hydrogen) atoms. The van der Waals surface area contributed by atoms with Gasteiger partial charge in [-0.15, -0.1) is 0 Å². The molecule has 0 aromatic heterocycles. The molecule has 1 N–H and O–H groups in total. The van der Waals surface area contributed by atoms with Gasteiger partial charge in [0.15, 0.2) is 0 Å². The van der Waals surface area contributed by atoms with Gasteiger partial charge in [0.2, 0.25) is 0 Å². The van der Waals surface area contributed by atoms with E-state index in [1.165, 1.54) is 19.1 Å². The number of anilines is 1. The summed E-state index contributed by atoms with van der Waals surface area (Å²) in [5.74, 6) is -1.33. The van der Waals surface area contributed by atoms with Crippen LogP contribution in [0.25, 0.3) is 0 Å². The van der Waals surface area contributed by atoms with Crippen LogP contribution in [-0.4, -0.2) is 57.5 Å². The number of carbonyl (C=O) groups is 2. The highest BCUT2D eigenvalue weighted by atomic mass is 35.5. The zero-order valence-electron chi connectivity index (χ0n) is 15.7. The summed E-state index contributed by atoms with van der Waals surface area (Å²) < 4.78 is 12.3. The van der Waals surface area contributed by atoms with Gasteiger partial charge in [-0.05, 0) is 43.3 Å². The van der Waals surface area contributed by atoms with Gasteiger partial charge in [0.25, 0.3) is 5.91 Å². The van der Waals surface area contributed by atoms with Crippen molar-refractivity contribution in [2.24, 2.45) is 0 Å². The van der Waals surface area contributed by atoms with Gasteiger partial charge in [0.05, 0.1) is 20.7 Å². The van der Waals surface area contributed by atoms with Gasteiger partial charge in [-0.3, -0.25) is 13.8 Å². The third-order valence-electron chi connectivity index (χ3n) is 4.80. The molecule has 0 spiro atoms. The predicted octanol–water partition coefficient (Wildman–Crippen LogP) is 3.54. The summed E-state index contributed by atoms with van der Waals surface area (Å²) in [6.07, 6.45) is 0. The number of piperazine rings is 1. The minimum atomic E-state index is -1.80. The summed E-state index contributed by atoms with van der Waals surface area (Å²) in [6, 6.07) is 12.1. The molecule has 1 aliphatic heterocycles. The smallest absolute Gasteiger partial charge is 0.319 e. The molecule has 1 amide bonds. The van der Waals surface area contributed by atoms with E-state index in [4.69, 9.17) is 28.3 Å². The Morgan fingerprint density at radius 3 is 2.34 bits per heavy atom. The number of aliphatic carboxylic acids is 1. The number of nitrogens with zero attached hydrogens (tertiary/aromatic N) is 2. The lowest BCUT2D eigenvalue weighted by Gasteiger charge is -2.36. The quantitative estimate of drug-likeness (QED) is 0.747. The standard InChI is InChI=1S/C20H20Cl2N2O4S/c1-13(20(26)27)29(28)18-6-5-14(11-17(18)22)19(25)24-9-7-23(8-10-24)16-4-2-3-15(21)12-16/h2-6,11-13H,7-10H2,1H3,(H,26,27). The van der Waals surface area contributed by atoms with Crippen LogP contribution < -0.4 is 4.90 Å². The van der Waals surface area contributed by atoms with E-state index in [9.17, 15) is 13.8 Å². The molecule has 2 unspecified atom stereocenters. The average Bonchev–Trinajstić information content (AvgIpc) is 2.72. The Hall–Kier alpha value is -2.09. The number of benzene rings is 2. The molecule has 1 heterocycles. The monoisotopic (exact) mass is 454 g/mol. The number of carboxylic acid groups (broad SMARTS) is 1. The summed E-state index contributed by atoms with van der Waals surface area (Å²) in [7, 11) is -1.80. The van der Waals surface area contributed by atoms with E-state index >= 15 is 0 Å². The summed E-state index contributed by atoms with van der Waals surface area (Å²) >= 11 is 12.2. The van der Waals surface area contributed by atoms with Crippen LogP contribution in [0, 0.1) is 0 Å². The highest BCUT2D eigenvalue weighted by Gasteiger charge is 2.25. The molecule has 0 saturated carbocycles. The lowest BCUT2D eigenvalue weighted by Crippen LogP contribution is -2.48. The van der Waals surface area contributed by atoms with Gasteiger partial charge in [-0.25, -0.2) is 0 Å². The number of halogens is 2. The molecule has 1 saturated heterocycles. The Morgan fingerprint density at radius 1 is 1.07 bits per heavy atom. The van der Waals surface area contributed by atoms with Gasteiger partial charge in [-0.1, -0.05) is 29.3 Å². The highest BCUT2D eigenvalue weighted by Crippen LogP contribution is 2.25. The summed E-state index contributed by atoms with van der Waals surface area (Å²) in [4.78, 5) is 28.0. The number of hydrogen-bond acceptors (Lipinski definition) is 4. The molecule has 9 heteroatoms. The molecule has 0 bridgehead atoms. The van der Waals surface area contributed by atoms with Crippen molar-refractivity contribution in [3.05, 3.63) is 58.1 Å². The van der Waals surface area contributed by atoms with Gasteiger partial charge >= 0.3 is 5.97 Å². The molecule has 0 radical (unpaired) electrons. The van der Waals surface area contributed by atoms with E-state index in [1.807, 2.05) is 24.3 Å². The van der Waals surface area contributed by atoms with E-state index < -0.39 is 22.0 Å². The van der Waals surface area contributed by atoms with Crippen molar-refractivity contribution in [2.75, 3.05) is 31.1 Å². The predicted molar refractivity (Wildman–Crippen MR) is 115 cm³/mol. The molecule has 0 aliphatic carbocycles. The van der Waals surface area contributed by atoms with Crippen LogP contribution in [0.15, 0.2) is 47.4 Å². The van der Waals surface area contributed by atoms with Gasteiger partial charge < -0.3 is 14.9 Å². The Bertz CT molecular complexity index is 961. The highest BCUT2D eigenvalue weighted by molar-refractivity contribution is 7.86. The first kappa shape index (κ1) is 21.6. The number of amides is 1. The third-order valence-corrected chi connectivity index (χ3v) is 7.10. The van der Waals surface area contributed by atoms with Crippen LogP contribution in [-0.2, 0) is 15.6 Å². The van der Waals surface area contributed by atoms with E-state index in [1.54, 1.807) is 11.0 Å². The van der Waals surface area contributed by atoms with Gasteiger partial charge in [0, 0.05) is 42.5 Å². The molecular weight excluding hydrogens is 435 g/mol. The topological polar surface area (TPSA) is 77.9 Å². The van der Waals surface area contributed by atoms with Crippen LogP contribution in [0.4, 0.5) is 5.69 Å². The van der Waals surface area contributed by atoms with Crippen molar-refractivity contribution < 1.29 is 18.9 Å². The van der Waals surface area contributed by atoms with E-state index in [0.29, 0.717) is 36.8 Å². The number of rotatable bonds is 5. The van der Waals surface area contributed by atoms with Crippen molar-refractivity contribution in [2.45, 2.75) is 17.1 Å². The molecule has 2 aromatic carbocycles. The van der Waals surface area contributed by atoms with Crippen molar-refractivity contribution in [3.63, 3.8) is 0 Å². The fraction of sp³-hybridized carbons (Fsp3) is 0.300. The maximum atomic E-state index is 12.8. The minimum absolute atomic E-state index is 0.125.